The molecule has 1 amide bonds. The molecule has 7 heteroatoms. The summed E-state index contributed by atoms with van der Waals surface area (Å²) in [6.45, 7) is 5.67. The summed E-state index contributed by atoms with van der Waals surface area (Å²) in [5, 5.41) is 15.4. The standard InChI is InChI=1S/C13H20N2O4S/c1-4-10(13(17)18)5-14-12(16)7-20-6-11-8(2)15-19-9(11)3/h10H,4-7H2,1-3H3,(H,14,16)(H,17,18). The van der Waals surface area contributed by atoms with Crippen molar-refractivity contribution in [2.24, 2.45) is 5.92 Å². The zero-order chi connectivity index (χ0) is 15.1. The zero-order valence-corrected chi connectivity index (χ0v) is 12.7. The second kappa shape index (κ2) is 7.94. The molecule has 1 rings (SSSR count). The summed E-state index contributed by atoms with van der Waals surface area (Å²) < 4.78 is 5.04. The Balaban J connectivity index is 2.29. The number of nitrogens with one attached hydrogen (secondary N) is 1. The van der Waals surface area contributed by atoms with Crippen molar-refractivity contribution in [1.29, 1.82) is 0 Å². The van der Waals surface area contributed by atoms with E-state index in [1.165, 1.54) is 11.8 Å². The monoisotopic (exact) mass is 300 g/mol. The lowest BCUT2D eigenvalue weighted by atomic mass is 10.1. The van der Waals surface area contributed by atoms with Crippen molar-refractivity contribution in [2.45, 2.75) is 32.9 Å². The van der Waals surface area contributed by atoms with Crippen molar-refractivity contribution in [3.8, 4) is 0 Å². The van der Waals surface area contributed by atoms with Crippen LogP contribution >= 0.6 is 11.8 Å². The average molecular weight is 300 g/mol. The summed E-state index contributed by atoms with van der Waals surface area (Å²) in [5.41, 5.74) is 1.85. The lowest BCUT2D eigenvalue weighted by molar-refractivity contribution is -0.141. The van der Waals surface area contributed by atoms with Gasteiger partial charge in [-0.25, -0.2) is 0 Å². The van der Waals surface area contributed by atoms with E-state index in [-0.39, 0.29) is 12.5 Å². The SMILES string of the molecule is CCC(CNC(=O)CSCc1c(C)noc1C)C(=O)O. The minimum Gasteiger partial charge on any atom is -0.481 e. The molecule has 112 valence electrons. The van der Waals surface area contributed by atoms with Crippen LogP contribution in [-0.2, 0) is 15.3 Å². The summed E-state index contributed by atoms with van der Waals surface area (Å²) in [7, 11) is 0. The zero-order valence-electron chi connectivity index (χ0n) is 11.9. The van der Waals surface area contributed by atoms with Gasteiger partial charge in [-0.05, 0) is 20.3 Å². The molecule has 0 radical (unpaired) electrons. The molecule has 20 heavy (non-hydrogen) atoms. The van der Waals surface area contributed by atoms with Gasteiger partial charge in [0.25, 0.3) is 0 Å². The van der Waals surface area contributed by atoms with Crippen LogP contribution in [0.25, 0.3) is 0 Å². The fraction of sp³-hybridized carbons (Fsp3) is 0.615. The first-order valence-electron chi connectivity index (χ1n) is 6.44. The smallest absolute Gasteiger partial charge is 0.308 e. The van der Waals surface area contributed by atoms with Crippen molar-refractivity contribution in [3.63, 3.8) is 0 Å². The molecule has 1 aromatic rings. The van der Waals surface area contributed by atoms with Gasteiger partial charge in [0.15, 0.2) is 0 Å². The molecule has 0 saturated heterocycles. The quantitative estimate of drug-likeness (QED) is 0.760. The molecule has 1 unspecified atom stereocenters. The van der Waals surface area contributed by atoms with Crippen LogP contribution in [0.5, 0.6) is 0 Å². The molecular formula is C13H20N2O4S. The highest BCUT2D eigenvalue weighted by Gasteiger charge is 2.16. The van der Waals surface area contributed by atoms with Gasteiger partial charge in [-0.15, -0.1) is 11.8 Å². The summed E-state index contributed by atoms with van der Waals surface area (Å²) in [5.74, 6) is 0.168. The van der Waals surface area contributed by atoms with E-state index in [2.05, 4.69) is 10.5 Å². The maximum Gasteiger partial charge on any atom is 0.308 e. The second-order valence-corrected chi connectivity index (χ2v) is 5.53. The third-order valence-electron chi connectivity index (χ3n) is 3.05. The maximum absolute atomic E-state index is 11.6. The van der Waals surface area contributed by atoms with E-state index in [4.69, 9.17) is 9.63 Å². The van der Waals surface area contributed by atoms with E-state index in [0.29, 0.717) is 17.9 Å². The molecule has 0 aromatic carbocycles. The highest BCUT2D eigenvalue weighted by atomic mass is 32.2. The molecule has 0 spiro atoms. The normalized spacial score (nSPS) is 12.2. The maximum atomic E-state index is 11.6. The van der Waals surface area contributed by atoms with Gasteiger partial charge in [-0.1, -0.05) is 12.1 Å². The number of hydrogen-bond acceptors (Lipinski definition) is 5. The summed E-state index contributed by atoms with van der Waals surface area (Å²) in [4.78, 5) is 22.4. The third-order valence-corrected chi connectivity index (χ3v) is 4.01. The highest BCUT2D eigenvalue weighted by molar-refractivity contribution is 7.99. The van der Waals surface area contributed by atoms with Crippen molar-refractivity contribution < 1.29 is 19.2 Å². The molecule has 0 aliphatic rings. The largest absolute Gasteiger partial charge is 0.481 e. The van der Waals surface area contributed by atoms with Crippen LogP contribution in [0.4, 0.5) is 0 Å². The molecule has 0 fully saturated rings. The van der Waals surface area contributed by atoms with Gasteiger partial charge in [-0.3, -0.25) is 9.59 Å². The number of thioether (sulfide) groups is 1. The minimum absolute atomic E-state index is 0.151. The lowest BCUT2D eigenvalue weighted by Gasteiger charge is -2.10. The van der Waals surface area contributed by atoms with Crippen LogP contribution < -0.4 is 5.32 Å². The van der Waals surface area contributed by atoms with E-state index >= 15 is 0 Å². The number of aliphatic carboxylic acids is 1. The van der Waals surface area contributed by atoms with Gasteiger partial charge in [0.1, 0.15) is 5.76 Å². The number of rotatable bonds is 8. The van der Waals surface area contributed by atoms with Crippen LogP contribution in [0.2, 0.25) is 0 Å². The Hall–Kier alpha value is -1.50. The van der Waals surface area contributed by atoms with Gasteiger partial charge >= 0.3 is 5.97 Å². The van der Waals surface area contributed by atoms with Gasteiger partial charge in [0, 0.05) is 17.9 Å². The molecule has 0 aliphatic carbocycles. The Morgan fingerprint density at radius 2 is 2.15 bits per heavy atom. The van der Waals surface area contributed by atoms with Gasteiger partial charge in [-0.2, -0.15) is 0 Å². The molecule has 1 aromatic heterocycles. The predicted octanol–water partition coefficient (Wildman–Crippen LogP) is 1.75. The first-order valence-corrected chi connectivity index (χ1v) is 7.60. The molecule has 0 aliphatic heterocycles. The lowest BCUT2D eigenvalue weighted by Crippen LogP contribution is -2.33. The van der Waals surface area contributed by atoms with Gasteiger partial charge < -0.3 is 14.9 Å². The number of aryl methyl sites for hydroxylation is 2. The molecule has 1 atom stereocenters. The third kappa shape index (κ3) is 4.88. The van der Waals surface area contributed by atoms with Crippen LogP contribution in [0.1, 0.15) is 30.4 Å². The fourth-order valence-electron chi connectivity index (χ4n) is 1.65. The van der Waals surface area contributed by atoms with E-state index in [0.717, 1.165) is 17.0 Å². The topological polar surface area (TPSA) is 92.4 Å². The van der Waals surface area contributed by atoms with E-state index < -0.39 is 11.9 Å². The van der Waals surface area contributed by atoms with Crippen LogP contribution in [0, 0.1) is 19.8 Å². The summed E-state index contributed by atoms with van der Waals surface area (Å²) in [6, 6.07) is 0. The Bertz CT molecular complexity index is 453. The molecule has 0 bridgehead atoms. The number of carboxylic acid groups (broad SMARTS) is 1. The molecule has 2 N–H and O–H groups in total. The Morgan fingerprint density at radius 1 is 1.45 bits per heavy atom. The predicted molar refractivity (Wildman–Crippen MR) is 76.6 cm³/mol. The van der Waals surface area contributed by atoms with Crippen molar-refractivity contribution in [3.05, 3.63) is 17.0 Å². The van der Waals surface area contributed by atoms with Crippen molar-refractivity contribution in [2.75, 3.05) is 12.3 Å². The van der Waals surface area contributed by atoms with E-state index in [1.54, 1.807) is 6.92 Å². The molecular weight excluding hydrogens is 280 g/mol. The molecule has 1 heterocycles. The van der Waals surface area contributed by atoms with Gasteiger partial charge in [0.2, 0.25) is 5.91 Å². The van der Waals surface area contributed by atoms with Crippen LogP contribution in [0.3, 0.4) is 0 Å². The first-order chi connectivity index (χ1) is 9.45. The second-order valence-electron chi connectivity index (χ2n) is 4.54. The number of hydrogen-bond donors (Lipinski definition) is 2. The number of carbonyl (C=O) groups excluding carboxylic acids is 1. The van der Waals surface area contributed by atoms with Crippen LogP contribution in [-0.4, -0.2) is 34.4 Å². The van der Waals surface area contributed by atoms with Crippen LogP contribution in [0.15, 0.2) is 4.52 Å². The van der Waals surface area contributed by atoms with E-state index in [9.17, 15) is 9.59 Å². The molecule has 6 nitrogen and oxygen atoms in total. The number of nitrogens with zero attached hydrogens (tertiary/aromatic N) is 1. The summed E-state index contributed by atoms with van der Waals surface area (Å²) >= 11 is 1.46. The minimum atomic E-state index is -0.879. The van der Waals surface area contributed by atoms with E-state index in [1.807, 2.05) is 13.8 Å². The highest BCUT2D eigenvalue weighted by Crippen LogP contribution is 2.19. The molecule has 0 saturated carbocycles. The Labute approximate surface area is 122 Å². The Morgan fingerprint density at radius 3 is 2.65 bits per heavy atom. The number of carbonyl (C=O) groups is 2. The number of amides is 1. The first kappa shape index (κ1) is 16.6. The van der Waals surface area contributed by atoms with Crippen molar-refractivity contribution in [1.82, 2.24) is 10.5 Å². The average Bonchev–Trinajstić information content (AvgIpc) is 2.70. The number of aromatic nitrogens is 1. The van der Waals surface area contributed by atoms with Gasteiger partial charge in [0.05, 0.1) is 17.4 Å². The fourth-order valence-corrected chi connectivity index (χ4v) is 2.65. The number of carboxylic acids is 1. The summed E-state index contributed by atoms with van der Waals surface area (Å²) in [6.07, 6.45) is 0.502. The Kier molecular flexibility index (Phi) is 6.57. The van der Waals surface area contributed by atoms with Crippen molar-refractivity contribution >= 4 is 23.6 Å².